The molecule has 1 heterocycles. The van der Waals surface area contributed by atoms with E-state index in [9.17, 15) is 4.39 Å². The standard InChI is InChI=1S/C16H20FN3O/c1-16(2,3)19-10-12-7-8-18-15(20-12)11-5-6-13(17)14(9-11)21-4/h5-9,19H,10H2,1-4H3. The van der Waals surface area contributed by atoms with Crippen LogP contribution in [0.25, 0.3) is 11.4 Å². The fourth-order valence-electron chi connectivity index (χ4n) is 1.79. The number of rotatable bonds is 4. The van der Waals surface area contributed by atoms with Crippen molar-refractivity contribution < 1.29 is 9.13 Å². The first-order valence-electron chi connectivity index (χ1n) is 6.80. The molecule has 0 fully saturated rings. The summed E-state index contributed by atoms with van der Waals surface area (Å²) in [6, 6.07) is 6.47. The highest BCUT2D eigenvalue weighted by Gasteiger charge is 2.11. The lowest BCUT2D eigenvalue weighted by Gasteiger charge is -2.20. The molecule has 0 spiro atoms. The second-order valence-corrected chi connectivity index (χ2v) is 5.82. The molecule has 112 valence electrons. The van der Waals surface area contributed by atoms with Gasteiger partial charge < -0.3 is 10.1 Å². The average Bonchev–Trinajstić information content (AvgIpc) is 2.45. The minimum absolute atomic E-state index is 0.0181. The maximum absolute atomic E-state index is 13.4. The summed E-state index contributed by atoms with van der Waals surface area (Å²) in [4.78, 5) is 8.74. The van der Waals surface area contributed by atoms with Crippen LogP contribution in [0.15, 0.2) is 30.5 Å². The van der Waals surface area contributed by atoms with Gasteiger partial charge in [-0.25, -0.2) is 14.4 Å². The number of ether oxygens (including phenoxy) is 1. The SMILES string of the molecule is COc1cc(-c2nccc(CNC(C)(C)C)n2)ccc1F. The van der Waals surface area contributed by atoms with Crippen LogP contribution in [0.1, 0.15) is 26.5 Å². The van der Waals surface area contributed by atoms with Crippen LogP contribution in [0.2, 0.25) is 0 Å². The number of hydrogen-bond acceptors (Lipinski definition) is 4. The third kappa shape index (κ3) is 4.23. The van der Waals surface area contributed by atoms with Crippen LogP contribution in [0.4, 0.5) is 4.39 Å². The smallest absolute Gasteiger partial charge is 0.165 e. The summed E-state index contributed by atoms with van der Waals surface area (Å²) < 4.78 is 18.4. The molecule has 5 heteroatoms. The first-order valence-corrected chi connectivity index (χ1v) is 6.80. The maximum atomic E-state index is 13.4. The van der Waals surface area contributed by atoms with E-state index < -0.39 is 5.82 Å². The van der Waals surface area contributed by atoms with Crippen LogP contribution in [-0.2, 0) is 6.54 Å². The quantitative estimate of drug-likeness (QED) is 0.939. The molecule has 4 nitrogen and oxygen atoms in total. The van der Waals surface area contributed by atoms with Gasteiger partial charge >= 0.3 is 0 Å². The molecular formula is C16H20FN3O. The number of halogens is 1. The zero-order valence-corrected chi connectivity index (χ0v) is 12.8. The molecule has 0 aliphatic carbocycles. The van der Waals surface area contributed by atoms with Gasteiger partial charge in [0.2, 0.25) is 0 Å². The number of methoxy groups -OCH3 is 1. The molecule has 0 unspecified atom stereocenters. The summed E-state index contributed by atoms with van der Waals surface area (Å²) in [6.45, 7) is 6.94. The Morgan fingerprint density at radius 2 is 2.00 bits per heavy atom. The van der Waals surface area contributed by atoms with E-state index in [4.69, 9.17) is 4.74 Å². The highest BCUT2D eigenvalue weighted by molar-refractivity contribution is 5.57. The van der Waals surface area contributed by atoms with Crippen molar-refractivity contribution in [2.45, 2.75) is 32.9 Å². The molecule has 0 radical (unpaired) electrons. The first-order chi connectivity index (χ1) is 9.89. The van der Waals surface area contributed by atoms with Gasteiger partial charge in [-0.3, -0.25) is 0 Å². The lowest BCUT2D eigenvalue weighted by Crippen LogP contribution is -2.35. The summed E-state index contributed by atoms with van der Waals surface area (Å²) in [6.07, 6.45) is 1.71. The third-order valence-electron chi connectivity index (χ3n) is 2.92. The van der Waals surface area contributed by atoms with Gasteiger partial charge in [-0.2, -0.15) is 0 Å². The first kappa shape index (κ1) is 15.4. The van der Waals surface area contributed by atoms with Crippen molar-refractivity contribution in [1.29, 1.82) is 0 Å². The summed E-state index contributed by atoms with van der Waals surface area (Å²) in [5, 5.41) is 3.37. The van der Waals surface area contributed by atoms with E-state index in [0.29, 0.717) is 12.4 Å². The molecular weight excluding hydrogens is 269 g/mol. The van der Waals surface area contributed by atoms with Crippen LogP contribution < -0.4 is 10.1 Å². The Balaban J connectivity index is 2.24. The maximum Gasteiger partial charge on any atom is 0.165 e. The fraction of sp³-hybridized carbons (Fsp3) is 0.375. The molecule has 0 amide bonds. The second-order valence-electron chi connectivity index (χ2n) is 5.82. The van der Waals surface area contributed by atoms with E-state index in [1.165, 1.54) is 13.2 Å². The molecule has 2 rings (SSSR count). The Bertz CT molecular complexity index is 623. The Labute approximate surface area is 124 Å². The number of hydrogen-bond donors (Lipinski definition) is 1. The van der Waals surface area contributed by atoms with E-state index in [1.54, 1.807) is 18.3 Å². The lowest BCUT2D eigenvalue weighted by atomic mass is 10.1. The second kappa shape index (κ2) is 6.18. The molecule has 1 aromatic carbocycles. The minimum atomic E-state index is -0.396. The highest BCUT2D eigenvalue weighted by Crippen LogP contribution is 2.24. The van der Waals surface area contributed by atoms with E-state index in [2.05, 4.69) is 36.1 Å². The van der Waals surface area contributed by atoms with Crippen LogP contribution in [0.5, 0.6) is 5.75 Å². The third-order valence-corrected chi connectivity index (χ3v) is 2.92. The van der Waals surface area contributed by atoms with Crippen LogP contribution in [0, 0.1) is 5.82 Å². The van der Waals surface area contributed by atoms with Crippen LogP contribution >= 0.6 is 0 Å². The van der Waals surface area contributed by atoms with E-state index in [-0.39, 0.29) is 11.3 Å². The number of benzene rings is 1. The zero-order chi connectivity index (χ0) is 15.5. The average molecular weight is 289 g/mol. The number of nitrogens with zero attached hydrogens (tertiary/aromatic N) is 2. The van der Waals surface area contributed by atoms with Gasteiger partial charge in [0.05, 0.1) is 12.8 Å². The molecule has 0 aliphatic rings. The van der Waals surface area contributed by atoms with Gasteiger partial charge in [-0.1, -0.05) is 0 Å². The van der Waals surface area contributed by atoms with Gasteiger partial charge in [-0.15, -0.1) is 0 Å². The molecule has 1 aromatic heterocycles. The van der Waals surface area contributed by atoms with Crippen molar-refractivity contribution >= 4 is 0 Å². The molecule has 2 aromatic rings. The largest absolute Gasteiger partial charge is 0.494 e. The minimum Gasteiger partial charge on any atom is -0.494 e. The van der Waals surface area contributed by atoms with E-state index >= 15 is 0 Å². The van der Waals surface area contributed by atoms with Gasteiger partial charge in [0.15, 0.2) is 17.4 Å². The van der Waals surface area contributed by atoms with E-state index in [0.717, 1.165) is 11.3 Å². The van der Waals surface area contributed by atoms with Crippen molar-refractivity contribution in [2.24, 2.45) is 0 Å². The summed E-state index contributed by atoms with van der Waals surface area (Å²) >= 11 is 0. The van der Waals surface area contributed by atoms with Gasteiger partial charge in [-0.05, 0) is 45.0 Å². The number of nitrogens with one attached hydrogen (secondary N) is 1. The Hall–Kier alpha value is -2.01. The van der Waals surface area contributed by atoms with Crippen molar-refractivity contribution in [2.75, 3.05) is 7.11 Å². The van der Waals surface area contributed by atoms with Crippen molar-refractivity contribution in [1.82, 2.24) is 15.3 Å². The lowest BCUT2D eigenvalue weighted by molar-refractivity contribution is 0.386. The van der Waals surface area contributed by atoms with Crippen molar-refractivity contribution in [3.63, 3.8) is 0 Å². The molecule has 0 bridgehead atoms. The molecule has 21 heavy (non-hydrogen) atoms. The summed E-state index contributed by atoms with van der Waals surface area (Å²) in [5.41, 5.74) is 1.63. The van der Waals surface area contributed by atoms with E-state index in [1.807, 2.05) is 6.07 Å². The Kier molecular flexibility index (Phi) is 4.53. The van der Waals surface area contributed by atoms with Crippen molar-refractivity contribution in [3.8, 4) is 17.1 Å². The van der Waals surface area contributed by atoms with Gasteiger partial charge in [0.1, 0.15) is 0 Å². The van der Waals surface area contributed by atoms with Gasteiger partial charge in [0, 0.05) is 23.8 Å². The Morgan fingerprint density at radius 1 is 1.24 bits per heavy atom. The monoisotopic (exact) mass is 289 g/mol. The van der Waals surface area contributed by atoms with Gasteiger partial charge in [0.25, 0.3) is 0 Å². The number of aromatic nitrogens is 2. The van der Waals surface area contributed by atoms with Crippen LogP contribution in [-0.4, -0.2) is 22.6 Å². The Morgan fingerprint density at radius 3 is 2.67 bits per heavy atom. The fourth-order valence-corrected chi connectivity index (χ4v) is 1.79. The van der Waals surface area contributed by atoms with Crippen LogP contribution in [0.3, 0.4) is 0 Å². The van der Waals surface area contributed by atoms with Crippen molar-refractivity contribution in [3.05, 3.63) is 42.0 Å². The molecule has 0 saturated carbocycles. The zero-order valence-electron chi connectivity index (χ0n) is 12.8. The topological polar surface area (TPSA) is 47.0 Å². The summed E-state index contributed by atoms with van der Waals surface area (Å²) in [5.74, 6) is 0.350. The molecule has 0 saturated heterocycles. The highest BCUT2D eigenvalue weighted by atomic mass is 19.1. The predicted octanol–water partition coefficient (Wildman–Crippen LogP) is 3.18. The molecule has 0 atom stereocenters. The summed E-state index contributed by atoms with van der Waals surface area (Å²) in [7, 11) is 1.44. The normalized spacial score (nSPS) is 11.5. The molecule has 1 N–H and O–H groups in total. The molecule has 0 aliphatic heterocycles. The predicted molar refractivity (Wildman–Crippen MR) is 80.6 cm³/mol.